The highest BCUT2D eigenvalue weighted by Crippen LogP contribution is 2.33. The van der Waals surface area contributed by atoms with E-state index in [1.54, 1.807) is 6.20 Å². The number of amides is 1. The molecule has 0 fully saturated rings. The molecule has 0 saturated heterocycles. The molecule has 2 aromatic carbocycles. The minimum Gasteiger partial charge on any atom is -0.492 e. The zero-order valence-electron chi connectivity index (χ0n) is 13.8. The van der Waals surface area contributed by atoms with Gasteiger partial charge in [-0.15, -0.1) is 0 Å². The summed E-state index contributed by atoms with van der Waals surface area (Å²) >= 11 is 0. The van der Waals surface area contributed by atoms with E-state index in [0.29, 0.717) is 13.2 Å². The monoisotopic (exact) mass is 333 g/mol. The van der Waals surface area contributed by atoms with E-state index in [1.807, 2.05) is 53.3 Å². The van der Waals surface area contributed by atoms with Gasteiger partial charge in [0.1, 0.15) is 18.3 Å². The number of nitrogens with zero attached hydrogens (tertiary/aromatic N) is 2. The molecule has 2 heterocycles. The summed E-state index contributed by atoms with van der Waals surface area (Å²) in [7, 11) is 0. The first-order valence-electron chi connectivity index (χ1n) is 8.40. The maximum Gasteiger partial charge on any atom is 0.231 e. The molecule has 1 aliphatic heterocycles. The molecule has 4 rings (SSSR count). The lowest BCUT2D eigenvalue weighted by atomic mass is 10.0. The van der Waals surface area contributed by atoms with Gasteiger partial charge in [-0.25, -0.2) is 4.68 Å². The van der Waals surface area contributed by atoms with Gasteiger partial charge in [-0.1, -0.05) is 30.3 Å². The summed E-state index contributed by atoms with van der Waals surface area (Å²) in [5.41, 5.74) is 3.18. The number of hydrogen-bond donors (Lipinski definition) is 1. The first-order chi connectivity index (χ1) is 12.3. The Hall–Kier alpha value is -3.08. The minimum atomic E-state index is -0.210. The normalized spacial score (nSPS) is 15.4. The number of fused-ring (bicyclic) bond motifs is 1. The van der Waals surface area contributed by atoms with Crippen LogP contribution in [0, 0.1) is 0 Å². The second-order valence-electron chi connectivity index (χ2n) is 6.06. The van der Waals surface area contributed by atoms with Crippen LogP contribution in [0.1, 0.15) is 17.0 Å². The van der Waals surface area contributed by atoms with Crippen molar-refractivity contribution in [1.82, 2.24) is 15.1 Å². The highest BCUT2D eigenvalue weighted by Gasteiger charge is 2.29. The molecule has 5 nitrogen and oxygen atoms in total. The third-order valence-corrected chi connectivity index (χ3v) is 4.43. The summed E-state index contributed by atoms with van der Waals surface area (Å²) in [6.45, 7) is 1.03. The summed E-state index contributed by atoms with van der Waals surface area (Å²) in [6.07, 6.45) is 4.46. The van der Waals surface area contributed by atoms with Crippen LogP contribution in [0.4, 0.5) is 0 Å². The van der Waals surface area contributed by atoms with Crippen molar-refractivity contribution in [3.8, 4) is 11.4 Å². The Bertz CT molecular complexity index is 857. The molecule has 0 spiro atoms. The Kier molecular flexibility index (Phi) is 4.21. The Morgan fingerprint density at radius 1 is 1.16 bits per heavy atom. The minimum absolute atomic E-state index is 0.0260. The summed E-state index contributed by atoms with van der Waals surface area (Å²) in [6, 6.07) is 17.8. The van der Waals surface area contributed by atoms with E-state index in [1.165, 1.54) is 5.56 Å². The van der Waals surface area contributed by atoms with E-state index in [9.17, 15) is 4.79 Å². The highest BCUT2D eigenvalue weighted by molar-refractivity contribution is 5.85. The number of nitrogens with one attached hydrogen (secondary N) is 1. The predicted octanol–water partition coefficient (Wildman–Crippen LogP) is 2.71. The number of benzene rings is 2. The lowest BCUT2D eigenvalue weighted by Crippen LogP contribution is -2.31. The Morgan fingerprint density at radius 3 is 2.80 bits per heavy atom. The molecule has 0 unspecified atom stereocenters. The number of carbonyl (C=O) groups is 1. The third-order valence-electron chi connectivity index (χ3n) is 4.43. The fourth-order valence-electron chi connectivity index (χ4n) is 3.07. The third kappa shape index (κ3) is 3.26. The predicted molar refractivity (Wildman–Crippen MR) is 95.0 cm³/mol. The van der Waals surface area contributed by atoms with Crippen molar-refractivity contribution in [2.45, 2.75) is 12.3 Å². The Morgan fingerprint density at radius 2 is 2.00 bits per heavy atom. The van der Waals surface area contributed by atoms with Crippen molar-refractivity contribution in [2.75, 3.05) is 13.2 Å². The molecular weight excluding hydrogens is 314 g/mol. The fourth-order valence-corrected chi connectivity index (χ4v) is 3.07. The van der Waals surface area contributed by atoms with Crippen molar-refractivity contribution in [3.05, 3.63) is 78.1 Å². The standard InChI is InChI=1S/C20H19N3O2/c24-20(18-14-25-19-5-2-1-4-17(18)19)21-12-10-15-6-8-16(9-7-15)23-13-3-11-22-23/h1-9,11,13,18H,10,12,14H2,(H,21,24)/t18-/m1/s1. The maximum absolute atomic E-state index is 12.4. The van der Waals surface area contributed by atoms with Gasteiger partial charge < -0.3 is 10.1 Å². The summed E-state index contributed by atoms with van der Waals surface area (Å²) in [5, 5.41) is 7.23. The molecule has 1 amide bonds. The molecule has 1 aromatic heterocycles. The Balaban J connectivity index is 1.31. The highest BCUT2D eigenvalue weighted by atomic mass is 16.5. The molecule has 0 radical (unpaired) electrons. The number of para-hydroxylation sites is 1. The van der Waals surface area contributed by atoms with Crippen LogP contribution in [0.15, 0.2) is 67.0 Å². The van der Waals surface area contributed by atoms with Gasteiger partial charge in [0.05, 0.1) is 5.69 Å². The fraction of sp³-hybridized carbons (Fsp3) is 0.200. The van der Waals surface area contributed by atoms with E-state index < -0.39 is 0 Å². The van der Waals surface area contributed by atoms with Crippen molar-refractivity contribution in [3.63, 3.8) is 0 Å². The van der Waals surface area contributed by atoms with Gasteiger partial charge in [-0.2, -0.15) is 5.10 Å². The van der Waals surface area contributed by atoms with Crippen molar-refractivity contribution in [2.24, 2.45) is 0 Å². The smallest absolute Gasteiger partial charge is 0.231 e. The largest absolute Gasteiger partial charge is 0.492 e. The molecule has 0 bridgehead atoms. The summed E-state index contributed by atoms with van der Waals surface area (Å²) in [4.78, 5) is 12.4. The van der Waals surface area contributed by atoms with Crippen molar-refractivity contribution < 1.29 is 9.53 Å². The van der Waals surface area contributed by atoms with Crippen LogP contribution < -0.4 is 10.1 Å². The van der Waals surface area contributed by atoms with Crippen LogP contribution in [0.5, 0.6) is 5.75 Å². The average molecular weight is 333 g/mol. The van der Waals surface area contributed by atoms with Crippen LogP contribution in [0.2, 0.25) is 0 Å². The maximum atomic E-state index is 12.4. The lowest BCUT2D eigenvalue weighted by Gasteiger charge is -2.10. The van der Waals surface area contributed by atoms with Gasteiger partial charge in [0.2, 0.25) is 5.91 Å². The van der Waals surface area contributed by atoms with E-state index in [2.05, 4.69) is 22.5 Å². The van der Waals surface area contributed by atoms with Crippen molar-refractivity contribution >= 4 is 5.91 Å². The summed E-state index contributed by atoms with van der Waals surface area (Å²) < 4.78 is 7.40. The quantitative estimate of drug-likeness (QED) is 0.781. The van der Waals surface area contributed by atoms with Gasteiger partial charge in [-0.05, 0) is 36.2 Å². The van der Waals surface area contributed by atoms with E-state index in [-0.39, 0.29) is 11.8 Å². The molecular formula is C20H19N3O2. The number of hydrogen-bond acceptors (Lipinski definition) is 3. The lowest BCUT2D eigenvalue weighted by molar-refractivity contribution is -0.122. The molecule has 1 N–H and O–H groups in total. The van der Waals surface area contributed by atoms with Gasteiger partial charge >= 0.3 is 0 Å². The first-order valence-corrected chi connectivity index (χ1v) is 8.40. The molecule has 126 valence electrons. The van der Waals surface area contributed by atoms with Gasteiger partial charge in [0, 0.05) is 24.5 Å². The molecule has 0 saturated carbocycles. The van der Waals surface area contributed by atoms with Crippen LogP contribution in [-0.4, -0.2) is 28.8 Å². The zero-order chi connectivity index (χ0) is 17.1. The van der Waals surface area contributed by atoms with Crippen LogP contribution in [0.25, 0.3) is 5.69 Å². The van der Waals surface area contributed by atoms with E-state index >= 15 is 0 Å². The van der Waals surface area contributed by atoms with E-state index in [4.69, 9.17) is 4.74 Å². The zero-order valence-corrected chi connectivity index (χ0v) is 13.8. The van der Waals surface area contributed by atoms with Crippen LogP contribution in [0.3, 0.4) is 0 Å². The molecule has 25 heavy (non-hydrogen) atoms. The SMILES string of the molecule is O=C(NCCc1ccc(-n2cccn2)cc1)[C@@H]1COc2ccccc21. The van der Waals surface area contributed by atoms with Crippen molar-refractivity contribution in [1.29, 1.82) is 0 Å². The summed E-state index contributed by atoms with van der Waals surface area (Å²) in [5.74, 6) is 0.633. The number of carbonyl (C=O) groups excluding carboxylic acids is 1. The second-order valence-corrected chi connectivity index (χ2v) is 6.06. The number of aromatic nitrogens is 2. The molecule has 5 heteroatoms. The molecule has 0 aliphatic carbocycles. The molecule has 1 aliphatic rings. The van der Waals surface area contributed by atoms with Gasteiger partial charge in [0.25, 0.3) is 0 Å². The van der Waals surface area contributed by atoms with Crippen LogP contribution in [-0.2, 0) is 11.2 Å². The second kappa shape index (κ2) is 6.81. The first kappa shape index (κ1) is 15.4. The topological polar surface area (TPSA) is 56.2 Å². The van der Waals surface area contributed by atoms with Gasteiger partial charge in [-0.3, -0.25) is 4.79 Å². The average Bonchev–Trinajstić information content (AvgIpc) is 3.32. The van der Waals surface area contributed by atoms with Crippen LogP contribution >= 0.6 is 0 Å². The molecule has 3 aromatic rings. The van der Waals surface area contributed by atoms with E-state index in [0.717, 1.165) is 23.4 Å². The number of rotatable bonds is 5. The number of ether oxygens (including phenoxy) is 1. The Labute approximate surface area is 146 Å². The molecule has 1 atom stereocenters. The van der Waals surface area contributed by atoms with Gasteiger partial charge in [0.15, 0.2) is 0 Å².